The van der Waals surface area contributed by atoms with E-state index in [0.717, 1.165) is 18.2 Å². The van der Waals surface area contributed by atoms with Gasteiger partial charge >= 0.3 is 21.7 Å². The number of rotatable bonds is 4. The van der Waals surface area contributed by atoms with Gasteiger partial charge in [-0.05, 0) is 30.3 Å². The average molecular weight is 534 g/mol. The van der Waals surface area contributed by atoms with E-state index in [-0.39, 0.29) is 22.3 Å². The minimum atomic E-state index is -5.00. The fraction of sp³-hybridized carbons (Fsp3) is 0. The summed E-state index contributed by atoms with van der Waals surface area (Å²) in [6.45, 7) is 0. The minimum Gasteiger partial charge on any atom is -0.505 e. The fourth-order valence-electron chi connectivity index (χ4n) is 3.49. The Morgan fingerprint density at radius 1 is 1.08 bits per heavy atom. The molecule has 0 amide bonds. The van der Waals surface area contributed by atoms with E-state index in [1.54, 1.807) is 0 Å². The number of fused-ring (bicyclic) bond motifs is 2. The smallest absolute Gasteiger partial charge is 0.364 e. The third-order valence-corrected chi connectivity index (χ3v) is 6.29. The number of aromatic nitrogens is 3. The van der Waals surface area contributed by atoms with Crippen LogP contribution in [-0.4, -0.2) is 49.0 Å². The molecule has 36 heavy (non-hydrogen) atoms. The van der Waals surface area contributed by atoms with Crippen LogP contribution in [0.1, 0.15) is 10.4 Å². The van der Waals surface area contributed by atoms with Gasteiger partial charge in [0, 0.05) is 17.5 Å². The van der Waals surface area contributed by atoms with Gasteiger partial charge in [0.15, 0.2) is 16.2 Å². The standard InChI is InChI=1S/C21H12ClN3O10S/c22-11-6-9-5-10(21(30)34-17(9)18(16(11)28)36(31,32)33)19-23-12-2-1-8(7-13(12)24-19)20(29)35-25-14(26)3-4-15(25)27/h1-7,26-28H,(H,23,24)(H,31,32,33). The van der Waals surface area contributed by atoms with Crippen LogP contribution in [0.3, 0.4) is 0 Å². The lowest BCUT2D eigenvalue weighted by molar-refractivity contribution is 0.0382. The fourth-order valence-corrected chi connectivity index (χ4v) is 4.51. The summed E-state index contributed by atoms with van der Waals surface area (Å²) in [5, 5.41) is 28.8. The molecule has 3 heterocycles. The summed E-state index contributed by atoms with van der Waals surface area (Å²) in [6.07, 6.45) is 0. The number of H-pyrrole nitrogens is 1. The number of hydrogen-bond acceptors (Lipinski definition) is 10. The van der Waals surface area contributed by atoms with Crippen LogP contribution in [0.4, 0.5) is 0 Å². The van der Waals surface area contributed by atoms with Crippen molar-refractivity contribution in [2.24, 2.45) is 0 Å². The average Bonchev–Trinajstić information content (AvgIpc) is 3.36. The largest absolute Gasteiger partial charge is 0.505 e. The highest BCUT2D eigenvalue weighted by Crippen LogP contribution is 2.38. The highest BCUT2D eigenvalue weighted by atomic mass is 35.5. The predicted octanol–water partition coefficient (Wildman–Crippen LogP) is 2.42. The van der Waals surface area contributed by atoms with Crippen molar-refractivity contribution >= 4 is 49.7 Å². The summed E-state index contributed by atoms with van der Waals surface area (Å²) >= 11 is 5.87. The number of hydrogen-bond donors (Lipinski definition) is 5. The number of benzene rings is 2. The van der Waals surface area contributed by atoms with E-state index in [0.29, 0.717) is 15.8 Å². The molecule has 5 aromatic rings. The van der Waals surface area contributed by atoms with Crippen molar-refractivity contribution in [2.45, 2.75) is 4.90 Å². The number of phenols is 1. The number of imidazole rings is 1. The van der Waals surface area contributed by atoms with Crippen LogP contribution in [0.15, 0.2) is 56.6 Å². The lowest BCUT2D eigenvalue weighted by Gasteiger charge is -2.07. The Kier molecular flexibility index (Phi) is 5.17. The van der Waals surface area contributed by atoms with Gasteiger partial charge in [-0.2, -0.15) is 8.42 Å². The molecule has 0 fully saturated rings. The summed E-state index contributed by atoms with van der Waals surface area (Å²) < 4.78 is 38.5. The van der Waals surface area contributed by atoms with Crippen molar-refractivity contribution in [3.8, 4) is 28.9 Å². The second-order valence-corrected chi connectivity index (χ2v) is 9.18. The zero-order valence-corrected chi connectivity index (χ0v) is 19.0. The molecule has 2 aromatic carbocycles. The number of halogens is 1. The maximum Gasteiger partial charge on any atom is 0.364 e. The molecule has 184 valence electrons. The Hall–Kier alpha value is -4.53. The van der Waals surface area contributed by atoms with Crippen LogP contribution < -0.4 is 10.5 Å². The molecule has 0 atom stereocenters. The van der Waals surface area contributed by atoms with Gasteiger partial charge in [0.2, 0.25) is 11.8 Å². The number of carbonyl (C=O) groups is 1. The zero-order valence-electron chi connectivity index (χ0n) is 17.5. The van der Waals surface area contributed by atoms with Crippen molar-refractivity contribution in [1.29, 1.82) is 0 Å². The van der Waals surface area contributed by atoms with Crippen molar-refractivity contribution < 1.29 is 42.3 Å². The molecule has 0 saturated carbocycles. The summed E-state index contributed by atoms with van der Waals surface area (Å²) in [7, 11) is -5.00. The molecule has 0 aliphatic carbocycles. The van der Waals surface area contributed by atoms with Gasteiger partial charge < -0.3 is 29.6 Å². The van der Waals surface area contributed by atoms with Crippen molar-refractivity contribution in [3.63, 3.8) is 0 Å². The van der Waals surface area contributed by atoms with E-state index in [2.05, 4.69) is 9.97 Å². The van der Waals surface area contributed by atoms with Crippen LogP contribution in [0.2, 0.25) is 5.02 Å². The molecule has 15 heteroatoms. The summed E-state index contributed by atoms with van der Waals surface area (Å²) in [5.74, 6) is -2.91. The number of phenolic OH excluding ortho intramolecular Hbond substituents is 1. The third kappa shape index (κ3) is 3.78. The van der Waals surface area contributed by atoms with E-state index in [1.165, 1.54) is 24.3 Å². The topological polar surface area (TPSA) is 205 Å². The predicted molar refractivity (Wildman–Crippen MR) is 123 cm³/mol. The monoisotopic (exact) mass is 533 g/mol. The molecule has 0 unspecified atom stereocenters. The van der Waals surface area contributed by atoms with Crippen molar-refractivity contribution in [1.82, 2.24) is 14.7 Å². The molecule has 0 aliphatic rings. The Bertz CT molecular complexity index is 1870. The van der Waals surface area contributed by atoms with Crippen LogP contribution >= 0.6 is 11.6 Å². The summed E-state index contributed by atoms with van der Waals surface area (Å²) in [6, 6.07) is 8.72. The molecule has 0 radical (unpaired) electrons. The number of aromatic hydroxyl groups is 3. The molecule has 0 bridgehead atoms. The van der Waals surface area contributed by atoms with E-state index < -0.39 is 54.7 Å². The van der Waals surface area contributed by atoms with Crippen molar-refractivity contribution in [2.75, 3.05) is 0 Å². The molecular formula is C21H12ClN3O10S. The van der Waals surface area contributed by atoms with Crippen molar-refractivity contribution in [3.05, 3.63) is 63.5 Å². The van der Waals surface area contributed by atoms with Crippen LogP contribution in [0.5, 0.6) is 17.5 Å². The second kappa shape index (κ2) is 8.01. The Morgan fingerprint density at radius 2 is 1.78 bits per heavy atom. The second-order valence-electron chi connectivity index (χ2n) is 7.42. The first-order chi connectivity index (χ1) is 16.9. The quantitative estimate of drug-likeness (QED) is 0.167. The van der Waals surface area contributed by atoms with Gasteiger partial charge in [-0.25, -0.2) is 14.6 Å². The van der Waals surface area contributed by atoms with Crippen LogP contribution in [0, 0.1) is 0 Å². The van der Waals surface area contributed by atoms with E-state index in [4.69, 9.17) is 20.9 Å². The molecule has 0 saturated heterocycles. The molecule has 5 rings (SSSR count). The van der Waals surface area contributed by atoms with Crippen LogP contribution in [-0.2, 0) is 10.1 Å². The highest BCUT2D eigenvalue weighted by molar-refractivity contribution is 7.86. The minimum absolute atomic E-state index is 0.00975. The third-order valence-electron chi connectivity index (χ3n) is 5.11. The lowest BCUT2D eigenvalue weighted by atomic mass is 10.1. The van der Waals surface area contributed by atoms with Gasteiger partial charge in [-0.3, -0.25) is 4.55 Å². The first kappa shape index (κ1) is 23.2. The molecule has 0 aliphatic heterocycles. The first-order valence-electron chi connectivity index (χ1n) is 9.73. The zero-order chi connectivity index (χ0) is 25.9. The lowest BCUT2D eigenvalue weighted by Crippen LogP contribution is -2.19. The molecule has 0 spiro atoms. The number of carbonyl (C=O) groups excluding carboxylic acids is 1. The molecule has 13 nitrogen and oxygen atoms in total. The van der Waals surface area contributed by atoms with E-state index in [1.807, 2.05) is 0 Å². The van der Waals surface area contributed by atoms with Gasteiger partial charge in [-0.1, -0.05) is 11.6 Å². The summed E-state index contributed by atoms with van der Waals surface area (Å²) in [4.78, 5) is 36.1. The molecule has 5 N–H and O–H groups in total. The molecular weight excluding hydrogens is 522 g/mol. The Labute approximate surface area is 204 Å². The Morgan fingerprint density at radius 3 is 2.44 bits per heavy atom. The highest BCUT2D eigenvalue weighted by Gasteiger charge is 2.26. The van der Waals surface area contributed by atoms with Gasteiger partial charge in [0.25, 0.3) is 0 Å². The number of nitrogens with zero attached hydrogens (tertiary/aromatic N) is 2. The maximum absolute atomic E-state index is 12.7. The summed E-state index contributed by atoms with van der Waals surface area (Å²) in [5.41, 5.74) is -1.17. The number of aromatic amines is 1. The normalized spacial score (nSPS) is 11.8. The number of nitrogens with one attached hydrogen (secondary N) is 1. The van der Waals surface area contributed by atoms with E-state index >= 15 is 0 Å². The van der Waals surface area contributed by atoms with Crippen LogP contribution in [0.25, 0.3) is 33.4 Å². The SMILES string of the molecule is O=C(On1c(O)ccc1O)c1ccc2nc(-c3cc4cc(Cl)c(O)c(S(=O)(=O)O)c4oc3=O)[nH]c2c1. The Balaban J connectivity index is 1.58. The van der Waals surface area contributed by atoms with E-state index in [9.17, 15) is 37.9 Å². The maximum atomic E-state index is 12.7. The van der Waals surface area contributed by atoms with Gasteiger partial charge in [-0.15, -0.1) is 4.73 Å². The molecule has 3 aromatic heterocycles. The van der Waals surface area contributed by atoms with Gasteiger partial charge in [0.1, 0.15) is 11.4 Å². The van der Waals surface area contributed by atoms with Gasteiger partial charge in [0.05, 0.1) is 21.6 Å². The first-order valence-corrected chi connectivity index (χ1v) is 11.5.